The Morgan fingerprint density at radius 2 is 0.565 bits per heavy atom. The molecule has 0 aromatic rings. The molecule has 0 N–H and O–H groups in total. The Morgan fingerprint density at radius 1 is 0.435 bits per heavy atom. The molecule has 0 amide bonds. The van der Waals surface area contributed by atoms with Crippen molar-refractivity contribution in [2.45, 2.75) is 69.2 Å². The van der Waals surface area contributed by atoms with E-state index in [1.54, 1.807) is 22.3 Å². The first kappa shape index (κ1) is 28.2. The van der Waals surface area contributed by atoms with Crippen LogP contribution in [0.1, 0.15) is 69.2 Å². The Hall–Kier alpha value is 0.423. The van der Waals surface area contributed by atoms with Crippen molar-refractivity contribution in [3.63, 3.8) is 0 Å². The van der Waals surface area contributed by atoms with Crippen LogP contribution in [0, 0.1) is 11.8 Å². The molecule has 0 bridgehead atoms. The minimum atomic E-state index is 0. The average molecular weight is 435 g/mol. The summed E-state index contributed by atoms with van der Waals surface area (Å²) >= 11 is 0. The fraction of sp³-hybridized carbons (Fsp3) is 0.600. The van der Waals surface area contributed by atoms with Gasteiger partial charge in [-0.05, 0) is 89.5 Å². The van der Waals surface area contributed by atoms with Crippen LogP contribution in [-0.2, 0) is 26.2 Å². The van der Waals surface area contributed by atoms with E-state index in [0.717, 1.165) is 0 Å². The van der Waals surface area contributed by atoms with Crippen molar-refractivity contribution in [2.75, 3.05) is 0 Å². The van der Waals surface area contributed by atoms with E-state index in [1.807, 2.05) is 0 Å². The SMILES string of the molecule is CC1=C(C)C(C)C(C)=C1C.CC1=C(C)C(C)C(C)=C1C.[Cl-].[Cl-].[Zr+2]. The van der Waals surface area contributed by atoms with Gasteiger partial charge in [-0.1, -0.05) is 36.1 Å². The molecule has 23 heavy (non-hydrogen) atoms. The summed E-state index contributed by atoms with van der Waals surface area (Å²) in [5.74, 6) is 1.39. The molecule has 2 rings (SSSR count). The minimum Gasteiger partial charge on any atom is -1.00 e. The van der Waals surface area contributed by atoms with E-state index in [2.05, 4.69) is 69.2 Å². The van der Waals surface area contributed by atoms with Crippen molar-refractivity contribution < 1.29 is 51.0 Å². The van der Waals surface area contributed by atoms with Crippen LogP contribution in [0.2, 0.25) is 0 Å². The molecule has 0 saturated heterocycles. The van der Waals surface area contributed by atoms with Gasteiger partial charge in [0, 0.05) is 0 Å². The van der Waals surface area contributed by atoms with Crippen LogP contribution in [0.3, 0.4) is 0 Å². The normalized spacial score (nSPS) is 18.5. The smallest absolute Gasteiger partial charge is 1.00 e. The zero-order valence-electron chi connectivity index (χ0n) is 16.4. The Bertz CT molecular complexity index is 450. The van der Waals surface area contributed by atoms with Gasteiger partial charge in [0.1, 0.15) is 0 Å². The van der Waals surface area contributed by atoms with Crippen LogP contribution in [0.25, 0.3) is 0 Å². The summed E-state index contributed by atoms with van der Waals surface area (Å²) in [6.07, 6.45) is 0. The van der Waals surface area contributed by atoms with E-state index in [9.17, 15) is 0 Å². The van der Waals surface area contributed by atoms with E-state index in [0.29, 0.717) is 11.8 Å². The molecule has 0 heterocycles. The predicted molar refractivity (Wildman–Crippen MR) is 91.8 cm³/mol. The molecular weight excluding hydrogens is 402 g/mol. The summed E-state index contributed by atoms with van der Waals surface area (Å²) in [6, 6.07) is 0. The molecule has 0 aromatic heterocycles. The molecule has 2 aliphatic rings. The topological polar surface area (TPSA) is 0 Å². The van der Waals surface area contributed by atoms with Crippen molar-refractivity contribution in [3.05, 3.63) is 44.6 Å². The second kappa shape index (κ2) is 11.1. The molecule has 2 aliphatic carbocycles. The first-order chi connectivity index (χ1) is 9.11. The largest absolute Gasteiger partial charge is 2.00 e. The van der Waals surface area contributed by atoms with Gasteiger partial charge in [0.2, 0.25) is 0 Å². The molecule has 0 radical (unpaired) electrons. The third-order valence-electron chi connectivity index (χ3n) is 6.09. The quantitative estimate of drug-likeness (QED) is 0.525. The number of allylic oxidation sites excluding steroid dienone is 8. The summed E-state index contributed by atoms with van der Waals surface area (Å²) in [7, 11) is 0. The molecule has 0 saturated carbocycles. The fourth-order valence-electron chi connectivity index (χ4n) is 3.13. The summed E-state index contributed by atoms with van der Waals surface area (Å²) in [5.41, 5.74) is 12.2. The summed E-state index contributed by atoms with van der Waals surface area (Å²) in [4.78, 5) is 0. The number of hydrogen-bond donors (Lipinski definition) is 0. The molecule has 0 nitrogen and oxygen atoms in total. The first-order valence-electron chi connectivity index (χ1n) is 7.81. The van der Waals surface area contributed by atoms with Crippen LogP contribution in [0.4, 0.5) is 0 Å². The van der Waals surface area contributed by atoms with E-state index >= 15 is 0 Å². The Morgan fingerprint density at radius 3 is 0.609 bits per heavy atom. The second-order valence-electron chi connectivity index (χ2n) is 6.68. The molecule has 0 atom stereocenters. The number of hydrogen-bond acceptors (Lipinski definition) is 0. The minimum absolute atomic E-state index is 0. The maximum absolute atomic E-state index is 2.28. The van der Waals surface area contributed by atoms with Gasteiger partial charge in [0.05, 0.1) is 0 Å². The molecular formula is C20H32Cl2Zr. The summed E-state index contributed by atoms with van der Waals surface area (Å²) < 4.78 is 0. The van der Waals surface area contributed by atoms with Crippen LogP contribution in [0.15, 0.2) is 44.6 Å². The number of halogens is 2. The molecule has 0 spiro atoms. The molecule has 0 aromatic carbocycles. The van der Waals surface area contributed by atoms with Gasteiger partial charge < -0.3 is 24.8 Å². The van der Waals surface area contributed by atoms with E-state index < -0.39 is 0 Å². The molecule has 130 valence electrons. The molecule has 0 unspecified atom stereocenters. The van der Waals surface area contributed by atoms with Crippen LogP contribution in [-0.4, -0.2) is 0 Å². The van der Waals surface area contributed by atoms with Gasteiger partial charge >= 0.3 is 26.2 Å². The standard InChI is InChI=1S/2C10H16.2ClH.Zr/c2*1-6-7(2)9(4)10(5)8(6)3;;;/h2*6H,1-5H3;2*1H;/q;;;;+2/p-2. The molecule has 0 fully saturated rings. The van der Waals surface area contributed by atoms with Crippen molar-refractivity contribution in [1.29, 1.82) is 0 Å². The van der Waals surface area contributed by atoms with Gasteiger partial charge in [-0.3, -0.25) is 0 Å². The third kappa shape index (κ3) is 5.72. The average Bonchev–Trinajstić information content (AvgIpc) is 2.71. The van der Waals surface area contributed by atoms with Crippen molar-refractivity contribution in [3.8, 4) is 0 Å². The predicted octanol–water partition coefficient (Wildman–Crippen LogP) is 0.623. The van der Waals surface area contributed by atoms with Crippen molar-refractivity contribution in [2.24, 2.45) is 11.8 Å². The van der Waals surface area contributed by atoms with Crippen molar-refractivity contribution in [1.82, 2.24) is 0 Å². The third-order valence-corrected chi connectivity index (χ3v) is 6.09. The van der Waals surface area contributed by atoms with Crippen LogP contribution >= 0.6 is 0 Å². The summed E-state index contributed by atoms with van der Waals surface area (Å²) in [6.45, 7) is 22.4. The first-order valence-corrected chi connectivity index (χ1v) is 7.81. The maximum Gasteiger partial charge on any atom is 2.00 e. The van der Waals surface area contributed by atoms with Gasteiger partial charge in [-0.15, -0.1) is 0 Å². The van der Waals surface area contributed by atoms with E-state index in [1.165, 1.54) is 22.3 Å². The van der Waals surface area contributed by atoms with Crippen LogP contribution in [0.5, 0.6) is 0 Å². The monoisotopic (exact) mass is 432 g/mol. The second-order valence-corrected chi connectivity index (χ2v) is 6.68. The molecule has 3 heteroatoms. The Balaban J connectivity index is -0.000000308. The number of rotatable bonds is 0. The van der Waals surface area contributed by atoms with E-state index in [4.69, 9.17) is 0 Å². The van der Waals surface area contributed by atoms with Gasteiger partial charge in [0.15, 0.2) is 0 Å². The van der Waals surface area contributed by atoms with Gasteiger partial charge in [-0.25, -0.2) is 0 Å². The zero-order chi connectivity index (χ0) is 15.8. The van der Waals surface area contributed by atoms with Crippen molar-refractivity contribution >= 4 is 0 Å². The zero-order valence-corrected chi connectivity index (χ0v) is 20.4. The fourth-order valence-corrected chi connectivity index (χ4v) is 3.13. The Kier molecular flexibility index (Phi) is 13.6. The van der Waals surface area contributed by atoms with Gasteiger partial charge in [-0.2, -0.15) is 0 Å². The molecule has 0 aliphatic heterocycles. The van der Waals surface area contributed by atoms with E-state index in [-0.39, 0.29) is 51.0 Å². The maximum atomic E-state index is 2.28. The van der Waals surface area contributed by atoms with Gasteiger partial charge in [0.25, 0.3) is 0 Å². The Labute approximate surface area is 175 Å². The summed E-state index contributed by atoms with van der Waals surface area (Å²) in [5, 5.41) is 0. The van der Waals surface area contributed by atoms with Crippen LogP contribution < -0.4 is 24.8 Å².